The van der Waals surface area contributed by atoms with Gasteiger partial charge in [0, 0.05) is 19.8 Å². The van der Waals surface area contributed by atoms with Gasteiger partial charge in [0.2, 0.25) is 15.9 Å². The van der Waals surface area contributed by atoms with Crippen molar-refractivity contribution in [1.29, 1.82) is 0 Å². The average Bonchev–Trinajstić information content (AvgIpc) is 3.13. The fourth-order valence-corrected chi connectivity index (χ4v) is 5.34. The van der Waals surface area contributed by atoms with Crippen molar-refractivity contribution >= 4 is 49.1 Å². The Morgan fingerprint density at radius 2 is 1.85 bits per heavy atom. The van der Waals surface area contributed by atoms with Gasteiger partial charge in [0.05, 0.1) is 23.2 Å². The fraction of sp³-hybridized carbons (Fsp3) is 0.364. The summed E-state index contributed by atoms with van der Waals surface area (Å²) in [6.07, 6.45) is 1.61. The van der Waals surface area contributed by atoms with E-state index in [1.807, 2.05) is 0 Å². The molecule has 2 heterocycles. The van der Waals surface area contributed by atoms with E-state index in [0.717, 1.165) is 15.6 Å². The molecule has 0 aliphatic rings. The van der Waals surface area contributed by atoms with Crippen molar-refractivity contribution in [2.24, 2.45) is 0 Å². The predicted octanol–water partition coefficient (Wildman–Crippen LogP) is 2.78. The zero-order chi connectivity index (χ0) is 25.2. The first kappa shape index (κ1) is 25.5. The maximum absolute atomic E-state index is 13.2. The van der Waals surface area contributed by atoms with Crippen LogP contribution in [0.2, 0.25) is 0 Å². The predicted molar refractivity (Wildman–Crippen MR) is 130 cm³/mol. The molecule has 10 nitrogen and oxygen atoms in total. The van der Waals surface area contributed by atoms with Crippen LogP contribution in [0.25, 0.3) is 10.2 Å². The number of aromatic nitrogens is 2. The molecule has 2 aromatic heterocycles. The third-order valence-electron chi connectivity index (χ3n) is 5.26. The number of aryl methyl sites for hydroxylation is 1. The van der Waals surface area contributed by atoms with Crippen LogP contribution in [0.4, 0.5) is 5.69 Å². The zero-order valence-electron chi connectivity index (χ0n) is 19.5. The summed E-state index contributed by atoms with van der Waals surface area (Å²) in [5.74, 6) is -0.967. The van der Waals surface area contributed by atoms with Gasteiger partial charge in [0.15, 0.2) is 0 Å². The number of ether oxygens (including phenoxy) is 1. The molecule has 0 bridgehead atoms. The molecule has 1 unspecified atom stereocenters. The lowest BCUT2D eigenvalue weighted by molar-refractivity contribution is -0.119. The minimum Gasteiger partial charge on any atom is -0.462 e. The van der Waals surface area contributed by atoms with Crippen molar-refractivity contribution in [2.45, 2.75) is 38.1 Å². The number of hydrogen-bond donors (Lipinski definition) is 1. The zero-order valence-corrected chi connectivity index (χ0v) is 21.1. The molecule has 1 N–H and O–H groups in total. The molecule has 0 fully saturated rings. The maximum atomic E-state index is 13.2. The summed E-state index contributed by atoms with van der Waals surface area (Å²) in [6, 6.07) is 4.91. The number of nitrogens with zero attached hydrogens (tertiary/aromatic N) is 3. The Hall–Kier alpha value is -3.09. The number of anilines is 1. The molecular formula is C22H26N4O6S2. The number of thiophene rings is 1. The summed E-state index contributed by atoms with van der Waals surface area (Å²) in [5, 5.41) is 3.00. The lowest BCUT2D eigenvalue weighted by atomic mass is 10.1. The molecule has 0 radical (unpaired) electrons. The lowest BCUT2D eigenvalue weighted by Gasteiger charge is -2.18. The molecule has 0 saturated heterocycles. The molecule has 1 aromatic carbocycles. The molecule has 0 spiro atoms. The smallest absolute Gasteiger partial charge is 0.348 e. The van der Waals surface area contributed by atoms with E-state index < -0.39 is 33.5 Å². The minimum atomic E-state index is -3.59. The van der Waals surface area contributed by atoms with Gasteiger partial charge in [0.25, 0.3) is 5.56 Å². The number of esters is 1. The number of rotatable bonds is 8. The summed E-state index contributed by atoms with van der Waals surface area (Å²) >= 11 is 1.08. The van der Waals surface area contributed by atoms with Crippen molar-refractivity contribution in [3.05, 3.63) is 51.4 Å². The first-order valence-electron chi connectivity index (χ1n) is 10.5. The van der Waals surface area contributed by atoms with Crippen LogP contribution in [0.3, 0.4) is 0 Å². The van der Waals surface area contributed by atoms with E-state index in [1.54, 1.807) is 20.8 Å². The van der Waals surface area contributed by atoms with Gasteiger partial charge < -0.3 is 10.1 Å². The van der Waals surface area contributed by atoms with Gasteiger partial charge in [-0.15, -0.1) is 11.3 Å². The van der Waals surface area contributed by atoms with Crippen molar-refractivity contribution in [3.8, 4) is 0 Å². The quantitative estimate of drug-likeness (QED) is 0.465. The van der Waals surface area contributed by atoms with E-state index >= 15 is 0 Å². The summed E-state index contributed by atoms with van der Waals surface area (Å²) in [6.45, 7) is 5.33. The average molecular weight is 507 g/mol. The lowest BCUT2D eigenvalue weighted by Crippen LogP contribution is -2.33. The molecule has 3 rings (SSSR count). The van der Waals surface area contributed by atoms with Crippen LogP contribution in [0, 0.1) is 6.92 Å². The van der Waals surface area contributed by atoms with E-state index in [4.69, 9.17) is 4.74 Å². The summed E-state index contributed by atoms with van der Waals surface area (Å²) < 4.78 is 31.8. The van der Waals surface area contributed by atoms with E-state index in [-0.39, 0.29) is 16.9 Å². The van der Waals surface area contributed by atoms with Gasteiger partial charge in [0.1, 0.15) is 15.7 Å². The highest BCUT2D eigenvalue weighted by Crippen LogP contribution is 2.28. The third-order valence-corrected chi connectivity index (χ3v) is 8.27. The molecule has 0 saturated carbocycles. The number of carbonyl (C=O) groups excluding carboxylic acids is 2. The van der Waals surface area contributed by atoms with Crippen LogP contribution in [0.1, 0.15) is 41.5 Å². The highest BCUT2D eigenvalue weighted by atomic mass is 32.2. The second kappa shape index (κ2) is 10.0. The number of fused-ring (bicyclic) bond motifs is 1. The van der Waals surface area contributed by atoms with Crippen molar-refractivity contribution in [3.63, 3.8) is 0 Å². The van der Waals surface area contributed by atoms with Gasteiger partial charge in [-0.25, -0.2) is 22.5 Å². The summed E-state index contributed by atoms with van der Waals surface area (Å²) in [4.78, 5) is 43.6. The largest absolute Gasteiger partial charge is 0.462 e. The van der Waals surface area contributed by atoms with Crippen molar-refractivity contribution in [2.75, 3.05) is 26.0 Å². The first-order valence-corrected chi connectivity index (χ1v) is 12.8. The molecule has 34 heavy (non-hydrogen) atoms. The van der Waals surface area contributed by atoms with E-state index in [0.29, 0.717) is 27.4 Å². The number of hydrogen-bond acceptors (Lipinski definition) is 8. The number of sulfonamides is 1. The highest BCUT2D eigenvalue weighted by Gasteiger charge is 2.25. The van der Waals surface area contributed by atoms with Gasteiger partial charge >= 0.3 is 5.97 Å². The van der Waals surface area contributed by atoms with Gasteiger partial charge in [-0.05, 0) is 50.1 Å². The second-order valence-electron chi connectivity index (χ2n) is 7.64. The first-order chi connectivity index (χ1) is 16.0. The van der Waals surface area contributed by atoms with E-state index in [1.165, 1.54) is 49.3 Å². The molecule has 1 atom stereocenters. The SMILES string of the molecule is CCOC(=O)c1sc2ncn(C(CC)C(=O)Nc3ccc(S(=O)(=O)N(C)C)cc3)c(=O)c2c1C. The normalized spacial score (nSPS) is 12.6. The Balaban J connectivity index is 1.91. The Morgan fingerprint density at radius 3 is 2.41 bits per heavy atom. The standard InChI is InChI=1S/C22H26N4O6S2/c1-6-16(19(27)24-14-8-10-15(11-9-14)34(30,31)25(4)5)26-12-23-20-17(21(26)28)13(3)18(33-20)22(29)32-7-2/h8-12,16H,6-7H2,1-5H3,(H,24,27). The molecule has 12 heteroatoms. The highest BCUT2D eigenvalue weighted by molar-refractivity contribution is 7.89. The maximum Gasteiger partial charge on any atom is 0.348 e. The molecule has 3 aromatic rings. The van der Waals surface area contributed by atoms with Crippen LogP contribution in [-0.4, -0.2) is 54.9 Å². The molecule has 0 aliphatic carbocycles. The number of benzene rings is 1. The summed E-state index contributed by atoms with van der Waals surface area (Å²) in [5.41, 5.74) is 0.432. The minimum absolute atomic E-state index is 0.0961. The number of nitrogens with one attached hydrogen (secondary N) is 1. The molecule has 0 aliphatic heterocycles. The fourth-order valence-electron chi connectivity index (χ4n) is 3.41. The topological polar surface area (TPSA) is 128 Å². The molecule has 1 amide bonds. The van der Waals surface area contributed by atoms with Gasteiger partial charge in [-0.2, -0.15) is 0 Å². The molecular weight excluding hydrogens is 480 g/mol. The second-order valence-corrected chi connectivity index (χ2v) is 10.8. The Bertz CT molecular complexity index is 1390. The Kier molecular flexibility index (Phi) is 7.54. The Labute approximate surface area is 201 Å². The third kappa shape index (κ3) is 4.74. The summed E-state index contributed by atoms with van der Waals surface area (Å²) in [7, 11) is -0.720. The van der Waals surface area contributed by atoms with Crippen LogP contribution in [0.5, 0.6) is 0 Å². The number of amides is 1. The van der Waals surface area contributed by atoms with Gasteiger partial charge in [-0.3, -0.25) is 14.2 Å². The van der Waals surface area contributed by atoms with Crippen molar-refractivity contribution in [1.82, 2.24) is 13.9 Å². The Morgan fingerprint density at radius 1 is 1.21 bits per heavy atom. The van der Waals surface area contributed by atoms with Gasteiger partial charge in [-0.1, -0.05) is 6.92 Å². The molecule has 182 valence electrons. The van der Waals surface area contributed by atoms with Crippen LogP contribution >= 0.6 is 11.3 Å². The van der Waals surface area contributed by atoms with Crippen LogP contribution in [0.15, 0.2) is 40.3 Å². The number of carbonyl (C=O) groups is 2. The van der Waals surface area contributed by atoms with E-state index in [2.05, 4.69) is 10.3 Å². The van der Waals surface area contributed by atoms with E-state index in [9.17, 15) is 22.8 Å². The van der Waals surface area contributed by atoms with Crippen LogP contribution < -0.4 is 10.9 Å². The van der Waals surface area contributed by atoms with Crippen LogP contribution in [-0.2, 0) is 19.6 Å². The van der Waals surface area contributed by atoms with Crippen molar-refractivity contribution < 1.29 is 22.7 Å². The monoisotopic (exact) mass is 506 g/mol.